The SMILES string of the molecule is CN1C(=O)N(CC(=O)NC(=O)NC2CCCC2)C(=O)C12CCCCC2. The number of rotatable bonds is 3. The number of hydrogen-bond acceptors (Lipinski definition) is 4. The highest BCUT2D eigenvalue weighted by Gasteiger charge is 2.55. The van der Waals surface area contributed by atoms with Crippen molar-refractivity contribution in [1.29, 1.82) is 0 Å². The standard InChI is InChI=1S/C17H26N4O4/c1-20-16(25)21(14(23)17(20)9-5-2-6-10-17)11-13(22)19-15(24)18-12-7-3-4-8-12/h12H,2-11H2,1H3,(H2,18,19,22,24). The first kappa shape index (κ1) is 17.7. The minimum atomic E-state index is -0.804. The van der Waals surface area contributed by atoms with Gasteiger partial charge in [0, 0.05) is 13.1 Å². The fourth-order valence-electron chi connectivity index (χ4n) is 4.27. The zero-order valence-electron chi connectivity index (χ0n) is 14.7. The van der Waals surface area contributed by atoms with Crippen molar-refractivity contribution >= 4 is 23.9 Å². The zero-order valence-corrected chi connectivity index (χ0v) is 14.7. The highest BCUT2D eigenvalue weighted by atomic mass is 16.2. The van der Waals surface area contributed by atoms with E-state index in [2.05, 4.69) is 10.6 Å². The molecule has 3 fully saturated rings. The van der Waals surface area contributed by atoms with Crippen LogP contribution in [0.25, 0.3) is 0 Å². The largest absolute Gasteiger partial charge is 0.335 e. The van der Waals surface area contributed by atoms with Crippen molar-refractivity contribution in [2.45, 2.75) is 69.4 Å². The summed E-state index contributed by atoms with van der Waals surface area (Å²) >= 11 is 0. The van der Waals surface area contributed by atoms with Crippen molar-refractivity contribution in [1.82, 2.24) is 20.4 Å². The average molecular weight is 350 g/mol. The summed E-state index contributed by atoms with van der Waals surface area (Å²) in [5, 5.41) is 4.98. The average Bonchev–Trinajstić information content (AvgIpc) is 3.15. The molecule has 1 heterocycles. The summed E-state index contributed by atoms with van der Waals surface area (Å²) in [5.74, 6) is -0.954. The molecule has 2 saturated carbocycles. The second-order valence-corrected chi connectivity index (χ2v) is 7.33. The molecule has 0 aromatic carbocycles. The van der Waals surface area contributed by atoms with Crippen molar-refractivity contribution in [3.05, 3.63) is 0 Å². The van der Waals surface area contributed by atoms with Crippen LogP contribution in [0.2, 0.25) is 0 Å². The highest BCUT2D eigenvalue weighted by Crippen LogP contribution is 2.39. The molecular weight excluding hydrogens is 324 g/mol. The first-order valence-electron chi connectivity index (χ1n) is 9.14. The molecule has 8 nitrogen and oxygen atoms in total. The minimum absolute atomic E-state index is 0.0968. The summed E-state index contributed by atoms with van der Waals surface area (Å²) < 4.78 is 0. The number of likely N-dealkylation sites (N-methyl/N-ethyl adjacent to an activating group) is 1. The Bertz CT molecular complexity index is 579. The Morgan fingerprint density at radius 3 is 2.36 bits per heavy atom. The van der Waals surface area contributed by atoms with Gasteiger partial charge in [0.1, 0.15) is 12.1 Å². The minimum Gasteiger partial charge on any atom is -0.335 e. The van der Waals surface area contributed by atoms with Gasteiger partial charge in [-0.3, -0.25) is 19.8 Å². The van der Waals surface area contributed by atoms with Gasteiger partial charge in [0.05, 0.1) is 0 Å². The van der Waals surface area contributed by atoms with Crippen LogP contribution in [0.15, 0.2) is 0 Å². The molecule has 1 spiro atoms. The van der Waals surface area contributed by atoms with Crippen LogP contribution < -0.4 is 10.6 Å². The number of nitrogens with zero attached hydrogens (tertiary/aromatic N) is 2. The first-order chi connectivity index (χ1) is 11.9. The number of imide groups is 2. The summed E-state index contributed by atoms with van der Waals surface area (Å²) in [7, 11) is 1.62. The van der Waals surface area contributed by atoms with Crippen molar-refractivity contribution < 1.29 is 19.2 Å². The lowest BCUT2D eigenvalue weighted by molar-refractivity contribution is -0.137. The third-order valence-electron chi connectivity index (χ3n) is 5.73. The Hall–Kier alpha value is -2.12. The quantitative estimate of drug-likeness (QED) is 0.751. The molecule has 2 N–H and O–H groups in total. The molecule has 0 aromatic heterocycles. The number of carbonyl (C=O) groups excluding carboxylic acids is 4. The fourth-order valence-corrected chi connectivity index (χ4v) is 4.27. The third kappa shape index (κ3) is 3.34. The third-order valence-corrected chi connectivity index (χ3v) is 5.73. The lowest BCUT2D eigenvalue weighted by Crippen LogP contribution is -2.50. The Morgan fingerprint density at radius 2 is 1.72 bits per heavy atom. The molecule has 2 aliphatic carbocycles. The van der Waals surface area contributed by atoms with Crippen LogP contribution in [0.5, 0.6) is 0 Å². The molecule has 8 heteroatoms. The molecule has 3 aliphatic rings. The fraction of sp³-hybridized carbons (Fsp3) is 0.765. The molecule has 1 saturated heterocycles. The van der Waals surface area contributed by atoms with Crippen LogP contribution in [-0.4, -0.2) is 58.8 Å². The number of hydrogen-bond donors (Lipinski definition) is 2. The number of carbonyl (C=O) groups is 4. The van der Waals surface area contributed by atoms with Crippen LogP contribution in [0.1, 0.15) is 57.8 Å². The Morgan fingerprint density at radius 1 is 1.08 bits per heavy atom. The van der Waals surface area contributed by atoms with Crippen LogP contribution in [-0.2, 0) is 9.59 Å². The molecule has 0 bridgehead atoms. The Kier molecular flexibility index (Phi) is 4.96. The van der Waals surface area contributed by atoms with Crippen LogP contribution in [0.3, 0.4) is 0 Å². The lowest BCUT2D eigenvalue weighted by atomic mass is 9.81. The monoisotopic (exact) mass is 350 g/mol. The maximum Gasteiger partial charge on any atom is 0.327 e. The van der Waals surface area contributed by atoms with Gasteiger partial charge in [0.2, 0.25) is 5.91 Å². The van der Waals surface area contributed by atoms with Gasteiger partial charge in [-0.15, -0.1) is 0 Å². The van der Waals surface area contributed by atoms with Gasteiger partial charge in [-0.05, 0) is 25.7 Å². The number of urea groups is 2. The molecular formula is C17H26N4O4. The molecule has 25 heavy (non-hydrogen) atoms. The van der Waals surface area contributed by atoms with Crippen molar-refractivity contribution in [3.63, 3.8) is 0 Å². The lowest BCUT2D eigenvalue weighted by Gasteiger charge is -2.35. The molecule has 0 radical (unpaired) electrons. The van der Waals surface area contributed by atoms with E-state index in [0.717, 1.165) is 49.8 Å². The molecule has 6 amide bonds. The topological polar surface area (TPSA) is 98.8 Å². The van der Waals surface area contributed by atoms with Gasteiger partial charge in [0.15, 0.2) is 0 Å². The highest BCUT2D eigenvalue weighted by molar-refractivity contribution is 6.09. The smallest absolute Gasteiger partial charge is 0.327 e. The van der Waals surface area contributed by atoms with Gasteiger partial charge in [-0.2, -0.15) is 0 Å². The van der Waals surface area contributed by atoms with Crippen LogP contribution in [0.4, 0.5) is 9.59 Å². The van der Waals surface area contributed by atoms with E-state index in [9.17, 15) is 19.2 Å². The second-order valence-electron chi connectivity index (χ2n) is 7.33. The summed E-state index contributed by atoms with van der Waals surface area (Å²) in [6.07, 6.45) is 8.09. The van der Waals surface area contributed by atoms with Gasteiger partial charge >= 0.3 is 12.1 Å². The maximum atomic E-state index is 12.8. The maximum absolute atomic E-state index is 12.8. The first-order valence-corrected chi connectivity index (χ1v) is 9.14. The van der Waals surface area contributed by atoms with E-state index >= 15 is 0 Å². The Balaban J connectivity index is 1.58. The van der Waals surface area contributed by atoms with E-state index in [0.29, 0.717) is 12.8 Å². The Labute approximate surface area is 147 Å². The summed E-state index contributed by atoms with van der Waals surface area (Å²) in [6.45, 7) is -0.415. The molecule has 0 aromatic rings. The molecule has 1 aliphatic heterocycles. The van der Waals surface area contributed by atoms with Gasteiger partial charge in [-0.25, -0.2) is 9.59 Å². The molecule has 0 unspecified atom stereocenters. The summed E-state index contributed by atoms with van der Waals surface area (Å²) in [6, 6.07) is -0.922. The summed E-state index contributed by atoms with van der Waals surface area (Å²) in [5.41, 5.74) is -0.804. The number of amides is 6. The van der Waals surface area contributed by atoms with Crippen LogP contribution in [0, 0.1) is 0 Å². The number of nitrogens with one attached hydrogen (secondary N) is 2. The predicted molar refractivity (Wildman–Crippen MR) is 89.6 cm³/mol. The molecule has 138 valence electrons. The van der Waals surface area contributed by atoms with Crippen molar-refractivity contribution in [2.24, 2.45) is 0 Å². The van der Waals surface area contributed by atoms with E-state index < -0.39 is 30.1 Å². The van der Waals surface area contributed by atoms with E-state index in [1.54, 1.807) is 7.05 Å². The van der Waals surface area contributed by atoms with E-state index in [-0.39, 0.29) is 11.9 Å². The van der Waals surface area contributed by atoms with Crippen LogP contribution >= 0.6 is 0 Å². The van der Waals surface area contributed by atoms with Crippen molar-refractivity contribution in [2.75, 3.05) is 13.6 Å². The normalized spacial score (nSPS) is 23.4. The van der Waals surface area contributed by atoms with Gasteiger partial charge in [-0.1, -0.05) is 32.1 Å². The van der Waals surface area contributed by atoms with Gasteiger partial charge in [0.25, 0.3) is 5.91 Å². The van der Waals surface area contributed by atoms with E-state index in [1.807, 2.05) is 0 Å². The molecule has 3 rings (SSSR count). The molecule has 0 atom stereocenters. The van der Waals surface area contributed by atoms with Gasteiger partial charge < -0.3 is 10.2 Å². The van der Waals surface area contributed by atoms with E-state index in [4.69, 9.17) is 0 Å². The zero-order chi connectivity index (χ0) is 18.0. The van der Waals surface area contributed by atoms with Crippen molar-refractivity contribution in [3.8, 4) is 0 Å². The predicted octanol–water partition coefficient (Wildman–Crippen LogP) is 1.35. The summed E-state index contributed by atoms with van der Waals surface area (Å²) in [4.78, 5) is 51.7. The second kappa shape index (κ2) is 7.01. The van der Waals surface area contributed by atoms with E-state index in [1.165, 1.54) is 4.90 Å².